The minimum Gasteiger partial charge on any atom is -0.378 e. The minimum atomic E-state index is 0.701. The molecular formula is C17H37N3O2. The molecule has 132 valence electrons. The third kappa shape index (κ3) is 9.74. The fourth-order valence-electron chi connectivity index (χ4n) is 2.60. The molecule has 0 saturated carbocycles. The highest BCUT2D eigenvalue weighted by Crippen LogP contribution is 2.08. The van der Waals surface area contributed by atoms with Crippen LogP contribution in [0.4, 0.5) is 0 Å². The van der Waals surface area contributed by atoms with E-state index in [1.165, 1.54) is 32.4 Å². The van der Waals surface area contributed by atoms with E-state index in [2.05, 4.69) is 36.4 Å². The van der Waals surface area contributed by atoms with Gasteiger partial charge in [-0.25, -0.2) is 0 Å². The summed E-state index contributed by atoms with van der Waals surface area (Å²) in [7, 11) is 2.06. The second kappa shape index (κ2) is 13.3. The quantitative estimate of drug-likeness (QED) is 0.502. The molecule has 1 saturated heterocycles. The molecule has 1 atom stereocenters. The van der Waals surface area contributed by atoms with E-state index in [1.54, 1.807) is 0 Å². The molecule has 1 aliphatic rings. The Morgan fingerprint density at radius 3 is 2.41 bits per heavy atom. The van der Waals surface area contributed by atoms with Gasteiger partial charge in [0.05, 0.1) is 26.4 Å². The second-order valence-corrected chi connectivity index (χ2v) is 6.35. The molecule has 1 unspecified atom stereocenters. The first-order valence-corrected chi connectivity index (χ1v) is 9.02. The van der Waals surface area contributed by atoms with Gasteiger partial charge in [-0.2, -0.15) is 0 Å². The normalized spacial score (nSPS) is 18.7. The maximum atomic E-state index is 5.65. The van der Waals surface area contributed by atoms with Gasteiger partial charge in [0.2, 0.25) is 0 Å². The van der Waals surface area contributed by atoms with E-state index < -0.39 is 0 Å². The zero-order valence-corrected chi connectivity index (χ0v) is 14.9. The SMILES string of the molecule is CCC(C)CNCCOCCOCCN1CCC(NC)CC1. The monoisotopic (exact) mass is 315 g/mol. The smallest absolute Gasteiger partial charge is 0.0701 e. The predicted octanol–water partition coefficient (Wildman–Crippen LogP) is 1.34. The highest BCUT2D eigenvalue weighted by molar-refractivity contribution is 4.75. The van der Waals surface area contributed by atoms with E-state index in [0.717, 1.165) is 38.8 Å². The van der Waals surface area contributed by atoms with Crippen LogP contribution in [0, 0.1) is 5.92 Å². The molecule has 0 spiro atoms. The Hall–Kier alpha value is -0.200. The zero-order chi connectivity index (χ0) is 16.0. The van der Waals surface area contributed by atoms with Crippen molar-refractivity contribution in [3.63, 3.8) is 0 Å². The first-order chi connectivity index (χ1) is 10.8. The van der Waals surface area contributed by atoms with Crippen LogP contribution in [0.1, 0.15) is 33.1 Å². The van der Waals surface area contributed by atoms with Gasteiger partial charge in [0.1, 0.15) is 0 Å². The van der Waals surface area contributed by atoms with Crippen molar-refractivity contribution in [1.29, 1.82) is 0 Å². The van der Waals surface area contributed by atoms with E-state index in [9.17, 15) is 0 Å². The number of piperidine rings is 1. The molecule has 0 aliphatic carbocycles. The number of hydrogen-bond acceptors (Lipinski definition) is 5. The van der Waals surface area contributed by atoms with Gasteiger partial charge in [0.25, 0.3) is 0 Å². The summed E-state index contributed by atoms with van der Waals surface area (Å²) in [5.74, 6) is 0.751. The van der Waals surface area contributed by atoms with Crippen molar-refractivity contribution in [2.75, 3.05) is 66.2 Å². The van der Waals surface area contributed by atoms with E-state index in [1.807, 2.05) is 0 Å². The second-order valence-electron chi connectivity index (χ2n) is 6.35. The van der Waals surface area contributed by atoms with E-state index in [4.69, 9.17) is 9.47 Å². The molecule has 5 heteroatoms. The summed E-state index contributed by atoms with van der Waals surface area (Å²) < 4.78 is 11.2. The first-order valence-electron chi connectivity index (χ1n) is 9.02. The molecule has 0 aromatic carbocycles. The van der Waals surface area contributed by atoms with E-state index in [0.29, 0.717) is 19.3 Å². The Morgan fingerprint density at radius 1 is 1.09 bits per heavy atom. The van der Waals surface area contributed by atoms with Crippen LogP contribution in [-0.4, -0.2) is 77.1 Å². The van der Waals surface area contributed by atoms with Crippen LogP contribution in [0.25, 0.3) is 0 Å². The third-order valence-corrected chi connectivity index (χ3v) is 4.53. The summed E-state index contributed by atoms with van der Waals surface area (Å²) in [5, 5.41) is 6.77. The van der Waals surface area contributed by atoms with Crippen molar-refractivity contribution in [3.8, 4) is 0 Å². The van der Waals surface area contributed by atoms with Crippen LogP contribution >= 0.6 is 0 Å². The summed E-state index contributed by atoms with van der Waals surface area (Å²) in [4.78, 5) is 2.49. The molecule has 0 amide bonds. The summed E-state index contributed by atoms with van der Waals surface area (Å²) in [6.07, 6.45) is 3.74. The van der Waals surface area contributed by atoms with Gasteiger partial charge in [0, 0.05) is 19.1 Å². The van der Waals surface area contributed by atoms with Crippen LogP contribution in [0.15, 0.2) is 0 Å². The van der Waals surface area contributed by atoms with Gasteiger partial charge in [0.15, 0.2) is 0 Å². The summed E-state index contributed by atoms with van der Waals surface area (Å²) in [6.45, 7) is 12.9. The molecule has 1 fully saturated rings. The summed E-state index contributed by atoms with van der Waals surface area (Å²) in [6, 6.07) is 0.708. The van der Waals surface area contributed by atoms with Crippen molar-refractivity contribution < 1.29 is 9.47 Å². The van der Waals surface area contributed by atoms with Crippen LogP contribution in [0.2, 0.25) is 0 Å². The highest BCUT2D eigenvalue weighted by atomic mass is 16.5. The molecule has 5 nitrogen and oxygen atoms in total. The van der Waals surface area contributed by atoms with Gasteiger partial charge >= 0.3 is 0 Å². The Balaban J connectivity index is 1.78. The molecule has 22 heavy (non-hydrogen) atoms. The van der Waals surface area contributed by atoms with Crippen LogP contribution in [-0.2, 0) is 9.47 Å². The highest BCUT2D eigenvalue weighted by Gasteiger charge is 2.16. The van der Waals surface area contributed by atoms with Gasteiger partial charge in [-0.1, -0.05) is 20.3 Å². The lowest BCUT2D eigenvalue weighted by Gasteiger charge is -2.31. The van der Waals surface area contributed by atoms with Crippen molar-refractivity contribution >= 4 is 0 Å². The third-order valence-electron chi connectivity index (χ3n) is 4.53. The van der Waals surface area contributed by atoms with Crippen molar-refractivity contribution in [1.82, 2.24) is 15.5 Å². The van der Waals surface area contributed by atoms with Gasteiger partial charge in [-0.3, -0.25) is 0 Å². The summed E-state index contributed by atoms with van der Waals surface area (Å²) >= 11 is 0. The molecule has 0 radical (unpaired) electrons. The lowest BCUT2D eigenvalue weighted by molar-refractivity contribution is 0.0364. The van der Waals surface area contributed by atoms with E-state index in [-0.39, 0.29) is 0 Å². The number of rotatable bonds is 13. The topological polar surface area (TPSA) is 45.8 Å². The van der Waals surface area contributed by atoms with Crippen molar-refractivity contribution in [2.24, 2.45) is 5.92 Å². The molecule has 0 aromatic heterocycles. The van der Waals surface area contributed by atoms with Gasteiger partial charge in [-0.15, -0.1) is 0 Å². The molecule has 1 aliphatic heterocycles. The Kier molecular flexibility index (Phi) is 12.0. The summed E-state index contributed by atoms with van der Waals surface area (Å²) in [5.41, 5.74) is 0. The zero-order valence-electron chi connectivity index (χ0n) is 14.9. The van der Waals surface area contributed by atoms with E-state index >= 15 is 0 Å². The number of ether oxygens (including phenoxy) is 2. The standard InChI is InChI=1S/C17H37N3O2/c1-4-16(2)15-19-7-11-21-13-14-22-12-10-20-8-5-17(18-3)6-9-20/h16-19H,4-15H2,1-3H3. The van der Waals surface area contributed by atoms with Crippen molar-refractivity contribution in [2.45, 2.75) is 39.2 Å². The van der Waals surface area contributed by atoms with Gasteiger partial charge < -0.3 is 25.0 Å². The minimum absolute atomic E-state index is 0.701. The number of hydrogen-bond donors (Lipinski definition) is 2. The lowest BCUT2D eigenvalue weighted by atomic mass is 10.1. The molecule has 0 aromatic rings. The number of nitrogens with one attached hydrogen (secondary N) is 2. The predicted molar refractivity (Wildman–Crippen MR) is 92.5 cm³/mol. The fraction of sp³-hybridized carbons (Fsp3) is 1.00. The maximum Gasteiger partial charge on any atom is 0.0701 e. The molecule has 0 bridgehead atoms. The first kappa shape index (κ1) is 19.8. The Morgan fingerprint density at radius 2 is 1.77 bits per heavy atom. The van der Waals surface area contributed by atoms with Crippen LogP contribution < -0.4 is 10.6 Å². The number of likely N-dealkylation sites (tertiary alicyclic amines) is 1. The Bertz CT molecular complexity index is 246. The maximum absolute atomic E-state index is 5.65. The molecule has 2 N–H and O–H groups in total. The average molecular weight is 316 g/mol. The largest absolute Gasteiger partial charge is 0.378 e. The lowest BCUT2D eigenvalue weighted by Crippen LogP contribution is -2.42. The van der Waals surface area contributed by atoms with Crippen molar-refractivity contribution in [3.05, 3.63) is 0 Å². The average Bonchev–Trinajstić information content (AvgIpc) is 2.56. The van der Waals surface area contributed by atoms with Crippen LogP contribution in [0.3, 0.4) is 0 Å². The molecular weight excluding hydrogens is 278 g/mol. The number of nitrogens with zero attached hydrogens (tertiary/aromatic N) is 1. The Labute approximate surface area is 137 Å². The van der Waals surface area contributed by atoms with Crippen LogP contribution in [0.5, 0.6) is 0 Å². The van der Waals surface area contributed by atoms with Gasteiger partial charge in [-0.05, 0) is 45.4 Å². The molecule has 1 rings (SSSR count). The molecule has 1 heterocycles. The fourth-order valence-corrected chi connectivity index (χ4v) is 2.60.